The summed E-state index contributed by atoms with van der Waals surface area (Å²) < 4.78 is 9.54. The molecule has 0 bridgehead atoms. The topological polar surface area (TPSA) is 84.9 Å². The van der Waals surface area contributed by atoms with E-state index >= 15 is 0 Å². The maximum atomic E-state index is 11.5. The third kappa shape index (κ3) is 4.89. The van der Waals surface area contributed by atoms with E-state index in [1.54, 1.807) is 32.9 Å². The van der Waals surface area contributed by atoms with Gasteiger partial charge in [-0.1, -0.05) is 12.1 Å². The SMILES string of the molecule is COC(=O)C(O)c1ccc(NC(=O)OC(C)(C)C)cc1. The van der Waals surface area contributed by atoms with Crippen LogP contribution >= 0.6 is 0 Å². The molecule has 0 heterocycles. The van der Waals surface area contributed by atoms with E-state index in [2.05, 4.69) is 10.1 Å². The van der Waals surface area contributed by atoms with Crippen molar-refractivity contribution in [1.29, 1.82) is 0 Å². The highest BCUT2D eigenvalue weighted by atomic mass is 16.6. The van der Waals surface area contributed by atoms with Gasteiger partial charge in [0.15, 0.2) is 6.10 Å². The zero-order chi connectivity index (χ0) is 15.3. The summed E-state index contributed by atoms with van der Waals surface area (Å²) in [6.45, 7) is 5.30. The van der Waals surface area contributed by atoms with Crippen LogP contribution in [0.5, 0.6) is 0 Å². The van der Waals surface area contributed by atoms with Crippen LogP contribution in [0.2, 0.25) is 0 Å². The van der Waals surface area contributed by atoms with Gasteiger partial charge in [0, 0.05) is 5.69 Å². The monoisotopic (exact) mass is 281 g/mol. The molecule has 6 nitrogen and oxygen atoms in total. The second kappa shape index (κ2) is 6.38. The molecular formula is C14H19NO5. The molecule has 6 heteroatoms. The van der Waals surface area contributed by atoms with Crippen LogP contribution in [0.3, 0.4) is 0 Å². The van der Waals surface area contributed by atoms with Crippen LogP contribution in [-0.4, -0.2) is 29.9 Å². The maximum Gasteiger partial charge on any atom is 0.412 e. The Morgan fingerprint density at radius 1 is 1.20 bits per heavy atom. The lowest BCUT2D eigenvalue weighted by molar-refractivity contribution is -0.150. The lowest BCUT2D eigenvalue weighted by Gasteiger charge is -2.19. The van der Waals surface area contributed by atoms with Gasteiger partial charge in [-0.3, -0.25) is 5.32 Å². The molecule has 0 saturated heterocycles. The predicted octanol–water partition coefficient (Wildman–Crippen LogP) is 2.24. The van der Waals surface area contributed by atoms with Gasteiger partial charge in [0.05, 0.1) is 7.11 Å². The van der Waals surface area contributed by atoms with Gasteiger partial charge < -0.3 is 14.6 Å². The highest BCUT2D eigenvalue weighted by Crippen LogP contribution is 2.18. The molecule has 0 aliphatic heterocycles. The smallest absolute Gasteiger partial charge is 0.412 e. The van der Waals surface area contributed by atoms with E-state index < -0.39 is 23.8 Å². The molecule has 1 aromatic carbocycles. The van der Waals surface area contributed by atoms with Crippen molar-refractivity contribution in [3.05, 3.63) is 29.8 Å². The van der Waals surface area contributed by atoms with Gasteiger partial charge >= 0.3 is 12.1 Å². The molecule has 0 aromatic heterocycles. The van der Waals surface area contributed by atoms with Crippen LogP contribution < -0.4 is 5.32 Å². The number of hydrogen-bond acceptors (Lipinski definition) is 5. The largest absolute Gasteiger partial charge is 0.467 e. The molecule has 110 valence electrons. The van der Waals surface area contributed by atoms with Crippen LogP contribution in [-0.2, 0) is 14.3 Å². The molecule has 0 saturated carbocycles. The molecule has 2 N–H and O–H groups in total. The Kier molecular flexibility index (Phi) is 5.10. The molecule has 0 spiro atoms. The summed E-state index contributed by atoms with van der Waals surface area (Å²) in [6, 6.07) is 6.17. The first-order valence-corrected chi connectivity index (χ1v) is 6.09. The highest BCUT2D eigenvalue weighted by Gasteiger charge is 2.18. The summed E-state index contributed by atoms with van der Waals surface area (Å²) in [5, 5.41) is 12.2. The molecule has 1 atom stereocenters. The number of anilines is 1. The van der Waals surface area contributed by atoms with Crippen molar-refractivity contribution in [2.45, 2.75) is 32.5 Å². The van der Waals surface area contributed by atoms with Gasteiger partial charge in [0.1, 0.15) is 5.60 Å². The normalized spacial score (nSPS) is 12.4. The minimum absolute atomic E-state index is 0.381. The quantitative estimate of drug-likeness (QED) is 0.830. The molecule has 1 aromatic rings. The van der Waals surface area contributed by atoms with Crippen molar-refractivity contribution in [3.63, 3.8) is 0 Å². The fourth-order valence-electron chi connectivity index (χ4n) is 1.42. The zero-order valence-electron chi connectivity index (χ0n) is 12.0. The number of aliphatic hydroxyl groups excluding tert-OH is 1. The van der Waals surface area contributed by atoms with Crippen LogP contribution in [0.25, 0.3) is 0 Å². The summed E-state index contributed by atoms with van der Waals surface area (Å²) in [4.78, 5) is 22.7. The fourth-order valence-corrected chi connectivity index (χ4v) is 1.42. The van der Waals surface area contributed by atoms with E-state index in [0.29, 0.717) is 11.3 Å². The Morgan fingerprint density at radius 3 is 2.20 bits per heavy atom. The highest BCUT2D eigenvalue weighted by molar-refractivity contribution is 5.85. The average Bonchev–Trinajstić information content (AvgIpc) is 2.35. The van der Waals surface area contributed by atoms with Gasteiger partial charge in [-0.05, 0) is 38.5 Å². The Morgan fingerprint density at radius 2 is 1.75 bits per heavy atom. The number of ether oxygens (including phenoxy) is 2. The molecular weight excluding hydrogens is 262 g/mol. The minimum atomic E-state index is -1.34. The summed E-state index contributed by atoms with van der Waals surface area (Å²) in [5.41, 5.74) is 0.303. The first kappa shape index (κ1) is 16.0. The number of amides is 1. The molecule has 20 heavy (non-hydrogen) atoms. The van der Waals surface area contributed by atoms with Crippen LogP contribution in [0.1, 0.15) is 32.4 Å². The number of rotatable bonds is 3. The van der Waals surface area contributed by atoms with Gasteiger partial charge in [-0.2, -0.15) is 0 Å². The van der Waals surface area contributed by atoms with Gasteiger partial charge in [-0.15, -0.1) is 0 Å². The maximum absolute atomic E-state index is 11.5. The minimum Gasteiger partial charge on any atom is -0.467 e. The van der Waals surface area contributed by atoms with Crippen molar-refractivity contribution >= 4 is 17.7 Å². The predicted molar refractivity (Wildman–Crippen MR) is 73.3 cm³/mol. The van der Waals surface area contributed by atoms with E-state index in [1.165, 1.54) is 19.2 Å². The number of methoxy groups -OCH3 is 1. The molecule has 0 aliphatic carbocycles. The van der Waals surface area contributed by atoms with E-state index in [1.807, 2.05) is 0 Å². The summed E-state index contributed by atoms with van der Waals surface area (Å²) >= 11 is 0. The number of esters is 1. The molecule has 1 amide bonds. The third-order valence-electron chi connectivity index (χ3n) is 2.30. The van der Waals surface area contributed by atoms with E-state index in [4.69, 9.17) is 4.74 Å². The number of carbonyl (C=O) groups excluding carboxylic acids is 2. The van der Waals surface area contributed by atoms with E-state index in [-0.39, 0.29) is 0 Å². The van der Waals surface area contributed by atoms with Crippen LogP contribution in [0.4, 0.5) is 10.5 Å². The Hall–Kier alpha value is -2.08. The second-order valence-electron chi connectivity index (χ2n) is 5.17. The number of nitrogens with one attached hydrogen (secondary N) is 1. The Balaban J connectivity index is 2.68. The molecule has 0 fully saturated rings. The van der Waals surface area contributed by atoms with Crippen LogP contribution in [0, 0.1) is 0 Å². The molecule has 0 aliphatic rings. The van der Waals surface area contributed by atoms with Crippen molar-refractivity contribution in [2.75, 3.05) is 12.4 Å². The van der Waals surface area contributed by atoms with Crippen molar-refractivity contribution in [2.24, 2.45) is 0 Å². The van der Waals surface area contributed by atoms with Gasteiger partial charge in [0.25, 0.3) is 0 Å². The van der Waals surface area contributed by atoms with Crippen LogP contribution in [0.15, 0.2) is 24.3 Å². The summed E-state index contributed by atoms with van der Waals surface area (Å²) in [5.74, 6) is -0.738. The Bertz CT molecular complexity index is 475. The third-order valence-corrected chi connectivity index (χ3v) is 2.30. The number of aliphatic hydroxyl groups is 1. The summed E-state index contributed by atoms with van der Waals surface area (Å²) in [7, 11) is 1.20. The first-order valence-electron chi connectivity index (χ1n) is 6.09. The Labute approximate surface area is 117 Å². The lowest BCUT2D eigenvalue weighted by Crippen LogP contribution is -2.27. The molecule has 1 rings (SSSR count). The first-order chi connectivity index (χ1) is 9.23. The van der Waals surface area contributed by atoms with Gasteiger partial charge in [-0.25, -0.2) is 9.59 Å². The van der Waals surface area contributed by atoms with E-state index in [0.717, 1.165) is 0 Å². The lowest BCUT2D eigenvalue weighted by atomic mass is 10.1. The second-order valence-corrected chi connectivity index (χ2v) is 5.17. The summed E-state index contributed by atoms with van der Waals surface area (Å²) in [6.07, 6.45) is -1.91. The van der Waals surface area contributed by atoms with Gasteiger partial charge in [0.2, 0.25) is 0 Å². The fraction of sp³-hybridized carbons (Fsp3) is 0.429. The molecule has 1 unspecified atom stereocenters. The average molecular weight is 281 g/mol. The van der Waals surface area contributed by atoms with Crippen molar-refractivity contribution in [1.82, 2.24) is 0 Å². The molecule has 0 radical (unpaired) electrons. The van der Waals surface area contributed by atoms with Crippen molar-refractivity contribution in [3.8, 4) is 0 Å². The van der Waals surface area contributed by atoms with Crippen molar-refractivity contribution < 1.29 is 24.2 Å². The number of benzene rings is 1. The number of hydrogen-bond donors (Lipinski definition) is 2. The zero-order valence-corrected chi connectivity index (χ0v) is 12.0. The van der Waals surface area contributed by atoms with E-state index in [9.17, 15) is 14.7 Å². The standard InChI is InChI=1S/C14H19NO5/c1-14(2,3)20-13(18)15-10-7-5-9(6-8-10)11(16)12(17)19-4/h5-8,11,16H,1-4H3,(H,15,18). The number of carbonyl (C=O) groups is 2.